The average Bonchev–Trinajstić information content (AvgIpc) is 3.07. The van der Waals surface area contributed by atoms with Crippen LogP contribution in [0.25, 0.3) is 11.2 Å². The molecule has 0 radical (unpaired) electrons. The molecule has 1 fully saturated rings. The molecule has 2 aromatic heterocycles. The van der Waals surface area contributed by atoms with Gasteiger partial charge in [-0.2, -0.15) is 0 Å². The number of rotatable bonds is 4. The number of hydrogen-bond donors (Lipinski definition) is 4. The zero-order valence-corrected chi connectivity index (χ0v) is 13.3. The van der Waals surface area contributed by atoms with Gasteiger partial charge in [-0.3, -0.25) is 23.4 Å². The van der Waals surface area contributed by atoms with E-state index in [4.69, 9.17) is 14.5 Å². The molecule has 0 bridgehead atoms. The van der Waals surface area contributed by atoms with E-state index in [2.05, 4.69) is 14.5 Å². The number of phosphoric acid groups is 1. The molecule has 0 aromatic carbocycles. The molecular formula is C11H15N4O8P. The third-order valence-corrected chi connectivity index (χ3v) is 4.32. The highest BCUT2D eigenvalue weighted by molar-refractivity contribution is 7.46. The van der Waals surface area contributed by atoms with Gasteiger partial charge in [0.15, 0.2) is 5.52 Å². The normalized spacial score (nSPS) is 24.8. The summed E-state index contributed by atoms with van der Waals surface area (Å²) in [6.45, 7) is -0.522. The molecule has 0 amide bonds. The van der Waals surface area contributed by atoms with E-state index < -0.39 is 44.1 Å². The van der Waals surface area contributed by atoms with Crippen molar-refractivity contribution < 1.29 is 28.7 Å². The maximum atomic E-state index is 12.0. The van der Waals surface area contributed by atoms with Crippen molar-refractivity contribution in [2.75, 3.05) is 6.61 Å². The van der Waals surface area contributed by atoms with Crippen molar-refractivity contribution >= 4 is 19.0 Å². The van der Waals surface area contributed by atoms with E-state index in [1.165, 1.54) is 17.9 Å². The fourth-order valence-electron chi connectivity index (χ4n) is 2.62. The van der Waals surface area contributed by atoms with Crippen LogP contribution in [0.4, 0.5) is 0 Å². The minimum absolute atomic E-state index is 0.0144. The highest BCUT2D eigenvalue weighted by atomic mass is 31.2. The van der Waals surface area contributed by atoms with E-state index in [1.54, 1.807) is 0 Å². The number of aliphatic hydroxyl groups is 1. The van der Waals surface area contributed by atoms with Gasteiger partial charge in [-0.15, -0.1) is 0 Å². The summed E-state index contributed by atoms with van der Waals surface area (Å²) in [7, 11) is -3.46. The second-order valence-electron chi connectivity index (χ2n) is 5.33. The summed E-state index contributed by atoms with van der Waals surface area (Å²) in [4.78, 5) is 48.0. The first-order chi connectivity index (χ1) is 11.2. The fourth-order valence-corrected chi connectivity index (χ4v) is 3.19. The number of ether oxygens (including phenoxy) is 1. The van der Waals surface area contributed by atoms with Gasteiger partial charge in [-0.1, -0.05) is 0 Å². The first-order valence-corrected chi connectivity index (χ1v) is 8.40. The summed E-state index contributed by atoms with van der Waals surface area (Å²) in [6, 6.07) is 0. The summed E-state index contributed by atoms with van der Waals surface area (Å²) in [5.41, 5.74) is -1.11. The van der Waals surface area contributed by atoms with Crippen LogP contribution in [-0.4, -0.2) is 52.8 Å². The molecule has 2 aromatic rings. The predicted molar refractivity (Wildman–Crippen MR) is 78.1 cm³/mol. The molecule has 1 saturated heterocycles. The monoisotopic (exact) mass is 362 g/mol. The van der Waals surface area contributed by atoms with Crippen LogP contribution in [-0.2, 0) is 20.9 Å². The van der Waals surface area contributed by atoms with Gasteiger partial charge < -0.3 is 19.6 Å². The maximum absolute atomic E-state index is 12.0. The molecule has 3 heterocycles. The standard InChI is InChI=1S/C11H15N4O8P/c1-14-10(17)8-9(13-11(14)18)15(4-12-8)7-2-5(6(3-16)22-7)23-24(19,20)21/h4-7,16H,2-3H2,1H3,(H,13,18)(H2,19,20,21)/t5-,6+,7+/m0/s1. The number of aliphatic hydroxyl groups excluding tert-OH is 1. The number of aromatic nitrogens is 4. The molecule has 1 aliphatic rings. The Morgan fingerprint density at radius 3 is 2.83 bits per heavy atom. The molecule has 4 N–H and O–H groups in total. The van der Waals surface area contributed by atoms with Crippen LogP contribution in [0.2, 0.25) is 0 Å². The molecule has 0 saturated carbocycles. The Balaban J connectivity index is 1.98. The van der Waals surface area contributed by atoms with Gasteiger partial charge in [0.05, 0.1) is 12.9 Å². The molecule has 12 nitrogen and oxygen atoms in total. The lowest BCUT2D eigenvalue weighted by Crippen LogP contribution is -2.33. The van der Waals surface area contributed by atoms with Crippen molar-refractivity contribution in [2.24, 2.45) is 7.05 Å². The molecule has 24 heavy (non-hydrogen) atoms. The number of imidazole rings is 1. The average molecular weight is 362 g/mol. The highest BCUT2D eigenvalue weighted by Gasteiger charge is 2.40. The maximum Gasteiger partial charge on any atom is 0.469 e. The number of fused-ring (bicyclic) bond motifs is 1. The first-order valence-electron chi connectivity index (χ1n) is 6.87. The van der Waals surface area contributed by atoms with Crippen LogP contribution in [0.3, 0.4) is 0 Å². The Morgan fingerprint density at radius 1 is 1.50 bits per heavy atom. The highest BCUT2D eigenvalue weighted by Crippen LogP contribution is 2.43. The van der Waals surface area contributed by atoms with Gasteiger partial charge in [0.2, 0.25) is 0 Å². The summed E-state index contributed by atoms with van der Waals surface area (Å²) in [5.74, 6) is 0. The second kappa shape index (κ2) is 5.92. The lowest BCUT2D eigenvalue weighted by molar-refractivity contribution is -0.0425. The van der Waals surface area contributed by atoms with Crippen molar-refractivity contribution in [3.8, 4) is 0 Å². The smallest absolute Gasteiger partial charge is 0.394 e. The quantitative estimate of drug-likeness (QED) is 0.457. The Labute approximate surface area is 133 Å². The van der Waals surface area contributed by atoms with Crippen molar-refractivity contribution in [3.63, 3.8) is 0 Å². The van der Waals surface area contributed by atoms with E-state index in [-0.39, 0.29) is 17.6 Å². The Kier molecular flexibility index (Phi) is 4.20. The lowest BCUT2D eigenvalue weighted by atomic mass is 10.2. The van der Waals surface area contributed by atoms with Gasteiger partial charge in [0.1, 0.15) is 24.1 Å². The van der Waals surface area contributed by atoms with Crippen molar-refractivity contribution in [1.82, 2.24) is 19.1 Å². The van der Waals surface area contributed by atoms with Gasteiger partial charge in [-0.05, 0) is 0 Å². The summed E-state index contributed by atoms with van der Waals surface area (Å²) in [5, 5.41) is 9.29. The number of H-pyrrole nitrogens is 1. The van der Waals surface area contributed by atoms with E-state index in [9.17, 15) is 19.3 Å². The molecule has 3 atom stereocenters. The summed E-state index contributed by atoms with van der Waals surface area (Å²) < 4.78 is 23.3. The van der Waals surface area contributed by atoms with E-state index >= 15 is 0 Å². The third-order valence-electron chi connectivity index (χ3n) is 3.77. The predicted octanol–water partition coefficient (Wildman–Crippen LogP) is -1.82. The summed E-state index contributed by atoms with van der Waals surface area (Å²) in [6.07, 6.45) is -1.61. The molecule has 132 valence electrons. The molecule has 0 spiro atoms. The van der Waals surface area contributed by atoms with Crippen LogP contribution >= 0.6 is 7.82 Å². The second-order valence-corrected chi connectivity index (χ2v) is 6.52. The minimum atomic E-state index is -4.77. The van der Waals surface area contributed by atoms with Crippen molar-refractivity contribution in [1.29, 1.82) is 0 Å². The number of phosphoric ester groups is 1. The Hall–Kier alpha value is -1.82. The largest absolute Gasteiger partial charge is 0.469 e. The van der Waals surface area contributed by atoms with Crippen LogP contribution in [0, 0.1) is 0 Å². The van der Waals surface area contributed by atoms with Crippen molar-refractivity contribution in [2.45, 2.75) is 24.9 Å². The minimum Gasteiger partial charge on any atom is -0.394 e. The molecular weight excluding hydrogens is 347 g/mol. The first kappa shape index (κ1) is 17.0. The van der Waals surface area contributed by atoms with E-state index in [0.717, 1.165) is 4.57 Å². The number of hydrogen-bond acceptors (Lipinski definition) is 7. The zero-order valence-electron chi connectivity index (χ0n) is 12.4. The molecule has 0 aliphatic carbocycles. The van der Waals surface area contributed by atoms with Gasteiger partial charge in [-0.25, -0.2) is 14.3 Å². The lowest BCUT2D eigenvalue weighted by Gasteiger charge is -2.16. The summed E-state index contributed by atoms with van der Waals surface area (Å²) >= 11 is 0. The van der Waals surface area contributed by atoms with Gasteiger partial charge in [0.25, 0.3) is 5.56 Å². The molecule has 13 heteroatoms. The fraction of sp³-hybridized carbons (Fsp3) is 0.545. The van der Waals surface area contributed by atoms with Crippen LogP contribution in [0.15, 0.2) is 15.9 Å². The number of nitrogens with one attached hydrogen (secondary N) is 1. The van der Waals surface area contributed by atoms with E-state index in [1.807, 2.05) is 0 Å². The van der Waals surface area contributed by atoms with E-state index in [0.29, 0.717) is 0 Å². The van der Waals surface area contributed by atoms with Crippen LogP contribution < -0.4 is 11.2 Å². The topological polar surface area (TPSA) is 169 Å². The number of nitrogens with zero attached hydrogens (tertiary/aromatic N) is 3. The number of aromatic amines is 1. The molecule has 3 rings (SSSR count). The van der Waals surface area contributed by atoms with Crippen molar-refractivity contribution in [3.05, 3.63) is 27.2 Å². The van der Waals surface area contributed by atoms with Crippen LogP contribution in [0.1, 0.15) is 12.6 Å². The zero-order chi connectivity index (χ0) is 17.6. The Bertz CT molecular complexity index is 926. The molecule has 1 aliphatic heterocycles. The third kappa shape index (κ3) is 2.95. The molecule has 0 unspecified atom stereocenters. The Morgan fingerprint density at radius 2 is 2.21 bits per heavy atom. The van der Waals surface area contributed by atoms with Gasteiger partial charge >= 0.3 is 13.5 Å². The van der Waals surface area contributed by atoms with Crippen LogP contribution in [0.5, 0.6) is 0 Å². The SMILES string of the molecule is Cn1c(=O)[nH]c2c(ncn2[C@H]2C[C@H](OP(=O)(O)O)[C@@H](CO)O2)c1=O. The van der Waals surface area contributed by atoms with Gasteiger partial charge in [0, 0.05) is 13.5 Å².